The molecule has 0 spiro atoms. The number of pyridine rings is 2. The predicted octanol–water partition coefficient (Wildman–Crippen LogP) is 6.82. The monoisotopic (exact) mass is 635 g/mol. The lowest BCUT2D eigenvalue weighted by molar-refractivity contribution is -0.289. The third kappa shape index (κ3) is 8.58. The van der Waals surface area contributed by atoms with Crippen molar-refractivity contribution in [1.82, 2.24) is 14.9 Å². The largest absolute Gasteiger partial charge is 0.491 e. The minimum atomic E-state index is -5.90. The standard InChI is InChI=1S/C31H34F5N5O4/c1-29(2,3)45-28(43)41-17-5-6-22(41)19-44-25-18-21(8-9-24(25)30(32,33)31(34,35)36)40-27(42)23-7-4-13-38-26(23)39-16-12-20-10-14-37-15-11-20/h4,7-11,13-15,18,22H,5-6,12,16-17,19H2,1-3H3,(H,38,39)(H,40,42)/t22-/m1/s1. The summed E-state index contributed by atoms with van der Waals surface area (Å²) >= 11 is 0. The van der Waals surface area contributed by atoms with Crippen LogP contribution in [0.15, 0.2) is 61.1 Å². The summed E-state index contributed by atoms with van der Waals surface area (Å²) in [6.07, 6.45) is -0.133. The van der Waals surface area contributed by atoms with E-state index in [-0.39, 0.29) is 23.7 Å². The molecule has 45 heavy (non-hydrogen) atoms. The van der Waals surface area contributed by atoms with E-state index in [9.17, 15) is 31.5 Å². The Balaban J connectivity index is 1.53. The number of nitrogens with zero attached hydrogens (tertiary/aromatic N) is 3. The first-order chi connectivity index (χ1) is 21.2. The molecule has 2 amide bonds. The molecule has 0 aliphatic carbocycles. The van der Waals surface area contributed by atoms with Crippen LogP contribution in [0.25, 0.3) is 0 Å². The minimum absolute atomic E-state index is 0.0845. The smallest absolute Gasteiger partial charge is 0.458 e. The van der Waals surface area contributed by atoms with Gasteiger partial charge < -0.3 is 25.0 Å². The summed E-state index contributed by atoms with van der Waals surface area (Å²) in [6, 6.07) is 8.51. The number of benzene rings is 1. The van der Waals surface area contributed by atoms with E-state index in [0.29, 0.717) is 38.4 Å². The third-order valence-electron chi connectivity index (χ3n) is 6.88. The molecule has 1 aliphatic rings. The van der Waals surface area contributed by atoms with Crippen LogP contribution in [0.1, 0.15) is 55.1 Å². The molecular weight excluding hydrogens is 601 g/mol. The second-order valence-electron chi connectivity index (χ2n) is 11.4. The second kappa shape index (κ2) is 13.7. The van der Waals surface area contributed by atoms with Crippen LogP contribution < -0.4 is 15.4 Å². The van der Waals surface area contributed by atoms with Gasteiger partial charge in [0.25, 0.3) is 5.91 Å². The van der Waals surface area contributed by atoms with Gasteiger partial charge in [-0.05, 0) is 82.0 Å². The molecule has 242 valence electrons. The molecule has 0 radical (unpaired) electrons. The van der Waals surface area contributed by atoms with E-state index in [1.807, 2.05) is 12.1 Å². The molecule has 1 atom stereocenters. The van der Waals surface area contributed by atoms with Crippen LogP contribution in [0.5, 0.6) is 5.75 Å². The average Bonchev–Trinajstić information content (AvgIpc) is 3.44. The van der Waals surface area contributed by atoms with Crippen molar-refractivity contribution in [3.05, 3.63) is 77.7 Å². The summed E-state index contributed by atoms with van der Waals surface area (Å²) in [5.41, 5.74) is -1.16. The fraction of sp³-hybridized carbons (Fsp3) is 0.419. The zero-order valence-corrected chi connectivity index (χ0v) is 25.0. The van der Waals surface area contributed by atoms with Crippen LogP contribution >= 0.6 is 0 Å². The van der Waals surface area contributed by atoms with Crippen LogP contribution in [0, 0.1) is 0 Å². The van der Waals surface area contributed by atoms with Crippen LogP contribution in [0.2, 0.25) is 0 Å². The Hall–Kier alpha value is -4.49. The Morgan fingerprint density at radius 3 is 2.44 bits per heavy atom. The summed E-state index contributed by atoms with van der Waals surface area (Å²) in [5.74, 6) is -6.46. The molecule has 9 nitrogen and oxygen atoms in total. The SMILES string of the molecule is CC(C)(C)OC(=O)N1CCC[C@@H]1COc1cc(NC(=O)c2cccnc2NCCc2ccncc2)ccc1C(F)(F)C(F)(F)F. The number of nitrogens with one attached hydrogen (secondary N) is 2. The molecule has 2 aromatic heterocycles. The Bertz CT molecular complexity index is 1480. The molecule has 0 unspecified atom stereocenters. The van der Waals surface area contributed by atoms with Gasteiger partial charge in [-0.2, -0.15) is 22.0 Å². The van der Waals surface area contributed by atoms with Gasteiger partial charge in [-0.25, -0.2) is 9.78 Å². The maximum absolute atomic E-state index is 14.6. The number of carbonyl (C=O) groups excluding carboxylic acids is 2. The summed E-state index contributed by atoms with van der Waals surface area (Å²) in [7, 11) is 0. The van der Waals surface area contributed by atoms with Gasteiger partial charge in [0.1, 0.15) is 23.8 Å². The molecule has 1 fully saturated rings. The topological polar surface area (TPSA) is 106 Å². The summed E-state index contributed by atoms with van der Waals surface area (Å²) in [6.45, 7) is 5.43. The van der Waals surface area contributed by atoms with Crippen LogP contribution in [0.3, 0.4) is 0 Å². The summed E-state index contributed by atoms with van der Waals surface area (Å²) in [5, 5.41) is 5.61. The van der Waals surface area contributed by atoms with Crippen molar-refractivity contribution in [3.63, 3.8) is 0 Å². The van der Waals surface area contributed by atoms with Gasteiger partial charge in [-0.15, -0.1) is 0 Å². The van der Waals surface area contributed by atoms with E-state index >= 15 is 0 Å². The number of hydrogen-bond donors (Lipinski definition) is 2. The zero-order valence-electron chi connectivity index (χ0n) is 25.0. The van der Waals surface area contributed by atoms with E-state index < -0.39 is 47.1 Å². The minimum Gasteiger partial charge on any atom is -0.491 e. The van der Waals surface area contributed by atoms with Crippen LogP contribution in [-0.4, -0.2) is 64.4 Å². The number of amides is 2. The molecule has 1 aromatic carbocycles. The lowest BCUT2D eigenvalue weighted by atomic mass is 10.1. The van der Waals surface area contributed by atoms with Crippen molar-refractivity contribution in [2.45, 2.75) is 63.8 Å². The normalized spacial score (nSPS) is 15.5. The van der Waals surface area contributed by atoms with Crippen molar-refractivity contribution >= 4 is 23.5 Å². The van der Waals surface area contributed by atoms with Crippen molar-refractivity contribution in [2.24, 2.45) is 0 Å². The van der Waals surface area contributed by atoms with Crippen molar-refractivity contribution in [1.29, 1.82) is 0 Å². The molecule has 2 N–H and O–H groups in total. The van der Waals surface area contributed by atoms with Gasteiger partial charge in [0.05, 0.1) is 17.2 Å². The van der Waals surface area contributed by atoms with Gasteiger partial charge in [0.2, 0.25) is 0 Å². The molecule has 3 heterocycles. The van der Waals surface area contributed by atoms with Gasteiger partial charge in [-0.1, -0.05) is 0 Å². The molecule has 14 heteroatoms. The van der Waals surface area contributed by atoms with Crippen LogP contribution in [-0.2, 0) is 17.1 Å². The Morgan fingerprint density at radius 2 is 1.76 bits per heavy atom. The number of alkyl halides is 5. The number of hydrogen-bond acceptors (Lipinski definition) is 7. The summed E-state index contributed by atoms with van der Waals surface area (Å²) < 4.78 is 80.3. The van der Waals surface area contributed by atoms with Gasteiger partial charge in [0, 0.05) is 43.4 Å². The lowest BCUT2D eigenvalue weighted by Crippen LogP contribution is -2.42. The Kier molecular flexibility index (Phi) is 10.1. The third-order valence-corrected chi connectivity index (χ3v) is 6.88. The number of halogens is 5. The Labute approximate surface area is 257 Å². The number of anilines is 2. The molecule has 3 aromatic rings. The highest BCUT2D eigenvalue weighted by Crippen LogP contribution is 2.48. The number of rotatable bonds is 10. The van der Waals surface area contributed by atoms with E-state index in [0.717, 1.165) is 17.7 Å². The van der Waals surface area contributed by atoms with Crippen molar-refractivity contribution < 1.29 is 41.0 Å². The average molecular weight is 636 g/mol. The fourth-order valence-electron chi connectivity index (χ4n) is 4.69. The fourth-order valence-corrected chi connectivity index (χ4v) is 4.69. The number of aromatic nitrogens is 2. The highest BCUT2D eigenvalue weighted by atomic mass is 19.4. The van der Waals surface area contributed by atoms with E-state index in [2.05, 4.69) is 20.6 Å². The first kappa shape index (κ1) is 33.4. The molecule has 4 rings (SSSR count). The molecular formula is C31H34F5N5O4. The predicted molar refractivity (Wildman–Crippen MR) is 156 cm³/mol. The molecule has 1 saturated heterocycles. The van der Waals surface area contributed by atoms with Crippen molar-refractivity contribution in [3.8, 4) is 5.75 Å². The first-order valence-corrected chi connectivity index (χ1v) is 14.3. The van der Waals surface area contributed by atoms with E-state index in [1.54, 1.807) is 33.2 Å². The van der Waals surface area contributed by atoms with Gasteiger partial charge in [0.15, 0.2) is 0 Å². The highest BCUT2D eigenvalue weighted by Gasteiger charge is 2.60. The number of likely N-dealkylation sites (tertiary alicyclic amines) is 1. The zero-order chi connectivity index (χ0) is 32.8. The lowest BCUT2D eigenvalue weighted by Gasteiger charge is -2.29. The first-order valence-electron chi connectivity index (χ1n) is 14.3. The molecule has 0 bridgehead atoms. The molecule has 0 saturated carbocycles. The Morgan fingerprint density at radius 1 is 1.02 bits per heavy atom. The number of carbonyl (C=O) groups is 2. The quantitative estimate of drug-likeness (QED) is 0.236. The highest BCUT2D eigenvalue weighted by molar-refractivity contribution is 6.07. The second-order valence-corrected chi connectivity index (χ2v) is 11.4. The maximum Gasteiger partial charge on any atom is 0.458 e. The van der Waals surface area contributed by atoms with Crippen LogP contribution in [0.4, 0.5) is 38.3 Å². The van der Waals surface area contributed by atoms with E-state index in [1.165, 1.54) is 23.2 Å². The van der Waals surface area contributed by atoms with Crippen molar-refractivity contribution in [2.75, 3.05) is 30.3 Å². The molecule has 1 aliphatic heterocycles. The van der Waals surface area contributed by atoms with E-state index in [4.69, 9.17) is 9.47 Å². The van der Waals surface area contributed by atoms with Gasteiger partial charge in [-0.3, -0.25) is 9.78 Å². The summed E-state index contributed by atoms with van der Waals surface area (Å²) in [4.78, 5) is 35.4. The van der Waals surface area contributed by atoms with Gasteiger partial charge >= 0.3 is 18.2 Å². The number of ether oxygens (including phenoxy) is 2. The maximum atomic E-state index is 14.6.